The molecule has 2 N–H and O–H groups in total. The Bertz CT molecular complexity index is 760. The lowest BCUT2D eigenvalue weighted by molar-refractivity contribution is 0.0716. The van der Waals surface area contributed by atoms with Gasteiger partial charge in [-0.1, -0.05) is 22.6 Å². The summed E-state index contributed by atoms with van der Waals surface area (Å²) in [6.07, 6.45) is 0. The van der Waals surface area contributed by atoms with Gasteiger partial charge in [0.2, 0.25) is 0 Å². The van der Waals surface area contributed by atoms with Crippen LogP contribution >= 0.6 is 22.6 Å². The van der Waals surface area contributed by atoms with Crippen molar-refractivity contribution in [3.05, 3.63) is 23.8 Å². The normalized spacial score (nSPS) is 21.4. The van der Waals surface area contributed by atoms with Gasteiger partial charge in [-0.3, -0.25) is 9.35 Å². The van der Waals surface area contributed by atoms with Crippen LogP contribution in [0.15, 0.2) is 18.2 Å². The third-order valence-corrected chi connectivity index (χ3v) is 5.75. The smallest absolute Gasteiger partial charge is 0.288 e. The molecule has 140 valence electrons. The maximum Gasteiger partial charge on any atom is 0.288 e. The van der Waals surface area contributed by atoms with Crippen LogP contribution < -0.4 is 10.1 Å². The molecule has 2 rings (SSSR count). The summed E-state index contributed by atoms with van der Waals surface area (Å²) in [6.45, 7) is 7.79. The summed E-state index contributed by atoms with van der Waals surface area (Å²) < 4.78 is 39.7. The molecule has 0 radical (unpaired) electrons. The summed E-state index contributed by atoms with van der Waals surface area (Å²) in [4.78, 5) is 14.3. The molecule has 1 aliphatic heterocycles. The number of ether oxygens (including phenoxy) is 1. The van der Waals surface area contributed by atoms with E-state index >= 15 is 0 Å². The van der Waals surface area contributed by atoms with Gasteiger partial charge >= 0.3 is 0 Å². The largest absolute Gasteiger partial charge is 0.488 e. The number of benzene rings is 1. The van der Waals surface area contributed by atoms with Crippen molar-refractivity contribution >= 4 is 44.3 Å². The van der Waals surface area contributed by atoms with Crippen molar-refractivity contribution in [3.63, 3.8) is 0 Å². The molecule has 1 unspecified atom stereocenters. The number of nitrogens with one attached hydrogen (secondary N) is 1. The number of anilines is 1. The van der Waals surface area contributed by atoms with E-state index in [4.69, 9.17) is 4.74 Å². The second-order valence-electron chi connectivity index (χ2n) is 6.81. The van der Waals surface area contributed by atoms with E-state index in [1.165, 1.54) is 4.90 Å². The lowest BCUT2D eigenvalue weighted by Crippen LogP contribution is -2.51. The predicted octanol–water partition coefficient (Wildman–Crippen LogP) is 2.77. The number of hydrogen-bond acceptors (Lipinski definition) is 5. The van der Waals surface area contributed by atoms with Crippen LogP contribution in [-0.4, -0.2) is 51.8 Å². The minimum absolute atomic E-state index is 0.278. The van der Waals surface area contributed by atoms with Gasteiger partial charge in [-0.2, -0.15) is 8.42 Å². The van der Waals surface area contributed by atoms with Gasteiger partial charge in [-0.25, -0.2) is 0 Å². The number of rotatable bonds is 4. The second kappa shape index (κ2) is 7.28. The maximum absolute atomic E-state index is 12.9. The number of alkyl halides is 1. The minimum Gasteiger partial charge on any atom is -0.488 e. The molecular weight excluding hydrogens is 459 g/mol. The molecule has 2 atom stereocenters. The van der Waals surface area contributed by atoms with Gasteiger partial charge in [0.25, 0.3) is 16.0 Å². The SMILES string of the molecule is CCN1C(=O)c2ccc(OC(C)(C)C)cc2NC(S(=O)(=O)O)[C@@H]1CI. The monoisotopic (exact) mass is 482 g/mol. The first kappa shape index (κ1) is 20.2. The number of nitrogens with zero attached hydrogens (tertiary/aromatic N) is 1. The molecule has 25 heavy (non-hydrogen) atoms. The fraction of sp³-hybridized carbons (Fsp3) is 0.562. The third kappa shape index (κ3) is 4.56. The molecule has 0 spiro atoms. The molecule has 0 bridgehead atoms. The number of halogens is 1. The number of hydrogen-bond donors (Lipinski definition) is 2. The van der Waals surface area contributed by atoms with Gasteiger partial charge in [-0.05, 0) is 39.8 Å². The quantitative estimate of drug-likeness (QED) is 0.390. The molecule has 1 aromatic rings. The van der Waals surface area contributed by atoms with Crippen molar-refractivity contribution in [2.75, 3.05) is 16.3 Å². The van der Waals surface area contributed by atoms with Crippen LogP contribution in [0.3, 0.4) is 0 Å². The van der Waals surface area contributed by atoms with Crippen molar-refractivity contribution in [3.8, 4) is 5.75 Å². The van der Waals surface area contributed by atoms with Gasteiger partial charge in [-0.15, -0.1) is 0 Å². The summed E-state index contributed by atoms with van der Waals surface area (Å²) in [5.74, 6) is 0.233. The Morgan fingerprint density at radius 1 is 1.36 bits per heavy atom. The number of carbonyl (C=O) groups excluding carboxylic acids is 1. The van der Waals surface area contributed by atoms with Crippen LogP contribution in [0.4, 0.5) is 5.69 Å². The first-order valence-electron chi connectivity index (χ1n) is 7.90. The highest BCUT2D eigenvalue weighted by Crippen LogP contribution is 2.32. The zero-order valence-corrected chi connectivity index (χ0v) is 17.6. The number of fused-ring (bicyclic) bond motifs is 1. The highest BCUT2D eigenvalue weighted by atomic mass is 127. The molecule has 0 fully saturated rings. The van der Waals surface area contributed by atoms with Gasteiger partial charge in [0, 0.05) is 17.0 Å². The third-order valence-electron chi connectivity index (χ3n) is 3.77. The average Bonchev–Trinajstić information content (AvgIpc) is 2.59. The lowest BCUT2D eigenvalue weighted by atomic mass is 10.1. The van der Waals surface area contributed by atoms with E-state index in [9.17, 15) is 17.8 Å². The Kier molecular flexibility index (Phi) is 5.89. The highest BCUT2D eigenvalue weighted by molar-refractivity contribution is 14.1. The Balaban J connectivity index is 2.57. The summed E-state index contributed by atoms with van der Waals surface area (Å²) in [5, 5.41) is 1.53. The maximum atomic E-state index is 12.9. The summed E-state index contributed by atoms with van der Waals surface area (Å²) in [6, 6.07) is 4.21. The fourth-order valence-electron chi connectivity index (χ4n) is 2.78. The first-order chi connectivity index (χ1) is 11.5. The molecule has 1 aromatic carbocycles. The summed E-state index contributed by atoms with van der Waals surface area (Å²) >= 11 is 2.02. The van der Waals surface area contributed by atoms with Crippen LogP contribution in [0, 0.1) is 0 Å². The van der Waals surface area contributed by atoms with Gasteiger partial charge in [0.15, 0.2) is 5.37 Å². The standard InChI is InChI=1S/C16H23IN2O5S/c1-5-19-13(9-17)14(25(21,22)23)18-12-8-10(24-16(2,3)4)6-7-11(12)15(19)20/h6-8,13-14,18H,5,9H2,1-4H3,(H,21,22,23)/t13-,14?/m0/s1. The van der Waals surface area contributed by atoms with Crippen molar-refractivity contribution in [1.29, 1.82) is 0 Å². The van der Waals surface area contributed by atoms with Crippen molar-refractivity contribution in [1.82, 2.24) is 4.90 Å². The second-order valence-corrected chi connectivity index (χ2v) is 9.23. The molecular formula is C16H23IN2O5S. The highest BCUT2D eigenvalue weighted by Gasteiger charge is 2.41. The summed E-state index contributed by atoms with van der Waals surface area (Å²) in [5.41, 5.74) is 0.246. The predicted molar refractivity (Wildman–Crippen MR) is 105 cm³/mol. The number of amides is 1. The van der Waals surface area contributed by atoms with Crippen LogP contribution in [0.5, 0.6) is 5.75 Å². The van der Waals surface area contributed by atoms with E-state index in [0.717, 1.165) is 0 Å². The topological polar surface area (TPSA) is 95.9 Å². The Hall–Kier alpha value is -1.07. The minimum atomic E-state index is -4.42. The molecule has 1 aliphatic rings. The number of carbonyl (C=O) groups is 1. The molecule has 9 heteroatoms. The molecule has 1 amide bonds. The Morgan fingerprint density at radius 3 is 2.48 bits per heavy atom. The van der Waals surface area contributed by atoms with E-state index in [1.807, 2.05) is 43.4 Å². The van der Waals surface area contributed by atoms with Crippen LogP contribution in [0.1, 0.15) is 38.1 Å². The van der Waals surface area contributed by atoms with Gasteiger partial charge < -0.3 is 15.0 Å². The van der Waals surface area contributed by atoms with Crippen LogP contribution in [0.2, 0.25) is 0 Å². The van der Waals surface area contributed by atoms with Gasteiger partial charge in [0.05, 0.1) is 17.3 Å². The van der Waals surface area contributed by atoms with E-state index in [-0.39, 0.29) is 5.91 Å². The Morgan fingerprint density at radius 2 is 2.00 bits per heavy atom. The molecule has 0 aromatic heterocycles. The first-order valence-corrected chi connectivity index (χ1v) is 10.9. The van der Waals surface area contributed by atoms with E-state index in [2.05, 4.69) is 5.32 Å². The fourth-order valence-corrected chi connectivity index (χ4v) is 5.02. The van der Waals surface area contributed by atoms with E-state index in [0.29, 0.717) is 28.0 Å². The van der Waals surface area contributed by atoms with Crippen molar-refractivity contribution < 1.29 is 22.5 Å². The molecule has 0 saturated carbocycles. The molecule has 0 aliphatic carbocycles. The number of likely N-dealkylation sites (N-methyl/N-ethyl adjacent to an activating group) is 1. The van der Waals surface area contributed by atoms with Gasteiger partial charge in [0.1, 0.15) is 11.4 Å². The zero-order chi connectivity index (χ0) is 19.0. The lowest BCUT2D eigenvalue weighted by Gasteiger charge is -2.31. The summed E-state index contributed by atoms with van der Waals surface area (Å²) in [7, 11) is -4.42. The van der Waals surface area contributed by atoms with Crippen molar-refractivity contribution in [2.45, 2.75) is 44.7 Å². The zero-order valence-electron chi connectivity index (χ0n) is 14.6. The molecule has 7 nitrogen and oxygen atoms in total. The van der Waals surface area contributed by atoms with E-state index < -0.39 is 27.1 Å². The van der Waals surface area contributed by atoms with Crippen LogP contribution in [-0.2, 0) is 10.1 Å². The van der Waals surface area contributed by atoms with Crippen molar-refractivity contribution in [2.24, 2.45) is 0 Å². The molecule has 1 heterocycles. The Labute approximate surface area is 162 Å². The van der Waals surface area contributed by atoms with Crippen LogP contribution in [0.25, 0.3) is 0 Å². The van der Waals surface area contributed by atoms with E-state index in [1.54, 1.807) is 25.1 Å². The molecule has 0 saturated heterocycles. The average molecular weight is 482 g/mol.